The maximum absolute atomic E-state index is 13.5. The minimum atomic E-state index is -0.375. The lowest BCUT2D eigenvalue weighted by Gasteiger charge is -2.16. The molecule has 2 amide bonds. The van der Waals surface area contributed by atoms with E-state index in [0.717, 1.165) is 16.8 Å². The van der Waals surface area contributed by atoms with E-state index >= 15 is 0 Å². The van der Waals surface area contributed by atoms with Crippen LogP contribution in [0.5, 0.6) is 5.75 Å². The lowest BCUT2D eigenvalue weighted by atomic mass is 10.0. The summed E-state index contributed by atoms with van der Waals surface area (Å²) >= 11 is 0. The molecule has 0 saturated heterocycles. The smallest absolute Gasteiger partial charge is 0.282 e. The molecule has 3 aromatic rings. The highest BCUT2D eigenvalue weighted by Gasteiger charge is 2.40. The van der Waals surface area contributed by atoms with Gasteiger partial charge in [0.1, 0.15) is 11.4 Å². The lowest BCUT2D eigenvalue weighted by molar-refractivity contribution is -0.120. The fourth-order valence-corrected chi connectivity index (χ4v) is 3.58. The number of amides is 2. The number of aryl methyl sites for hydroxylation is 2. The zero-order chi connectivity index (χ0) is 22.0. The highest BCUT2D eigenvalue weighted by atomic mass is 16.5. The van der Waals surface area contributed by atoms with Crippen molar-refractivity contribution in [2.24, 2.45) is 0 Å². The van der Waals surface area contributed by atoms with Crippen molar-refractivity contribution in [2.45, 2.75) is 20.8 Å². The Hall–Kier alpha value is -3.86. The Balaban J connectivity index is 1.79. The van der Waals surface area contributed by atoms with Crippen molar-refractivity contribution in [1.82, 2.24) is 0 Å². The van der Waals surface area contributed by atoms with Crippen LogP contribution in [0.3, 0.4) is 0 Å². The summed E-state index contributed by atoms with van der Waals surface area (Å²) in [6.45, 7) is 6.40. The number of imide groups is 1. The van der Waals surface area contributed by atoms with Crippen molar-refractivity contribution in [2.75, 3.05) is 16.8 Å². The number of ether oxygens (including phenoxy) is 1. The molecule has 1 aliphatic rings. The van der Waals surface area contributed by atoms with Crippen LogP contribution in [-0.4, -0.2) is 18.4 Å². The molecular weight excluding hydrogens is 388 g/mol. The minimum Gasteiger partial charge on any atom is -0.494 e. The molecule has 0 radical (unpaired) electrons. The summed E-state index contributed by atoms with van der Waals surface area (Å²) in [7, 11) is 0. The van der Waals surface area contributed by atoms with E-state index in [0.29, 0.717) is 29.2 Å². The van der Waals surface area contributed by atoms with Crippen LogP contribution in [0.4, 0.5) is 11.4 Å². The Morgan fingerprint density at radius 3 is 2.19 bits per heavy atom. The summed E-state index contributed by atoms with van der Waals surface area (Å²) in [5.41, 5.74) is 4.65. The molecule has 0 atom stereocenters. The highest BCUT2D eigenvalue weighted by Crippen LogP contribution is 2.34. The summed E-state index contributed by atoms with van der Waals surface area (Å²) in [6.07, 6.45) is 0. The van der Waals surface area contributed by atoms with Gasteiger partial charge in [-0.25, -0.2) is 4.90 Å². The third kappa shape index (κ3) is 4.08. The standard InChI is InChI=1S/C26H24N2O3/c1-4-31-22-14-10-19(11-15-22)23-24(27-20-12-8-17(2)9-13-20)26(30)28(25(23)29)21-7-5-6-18(3)16-21/h5-16,27H,4H2,1-3H3. The van der Waals surface area contributed by atoms with E-state index < -0.39 is 0 Å². The number of benzene rings is 3. The van der Waals surface area contributed by atoms with Crippen LogP contribution in [-0.2, 0) is 9.59 Å². The number of carbonyl (C=O) groups is 2. The fraction of sp³-hybridized carbons (Fsp3) is 0.154. The second-order valence-corrected chi connectivity index (χ2v) is 7.48. The lowest BCUT2D eigenvalue weighted by Crippen LogP contribution is -2.32. The molecule has 1 N–H and O–H groups in total. The second kappa shape index (κ2) is 8.48. The Labute approximate surface area is 182 Å². The molecule has 1 aliphatic heterocycles. The van der Waals surface area contributed by atoms with Crippen molar-refractivity contribution in [1.29, 1.82) is 0 Å². The Bertz CT molecular complexity index is 1160. The van der Waals surface area contributed by atoms with Gasteiger partial charge in [-0.15, -0.1) is 0 Å². The van der Waals surface area contributed by atoms with Crippen LogP contribution in [0.1, 0.15) is 23.6 Å². The zero-order valence-corrected chi connectivity index (χ0v) is 17.8. The van der Waals surface area contributed by atoms with Crippen LogP contribution in [0.25, 0.3) is 5.57 Å². The first-order valence-electron chi connectivity index (χ1n) is 10.2. The third-order valence-corrected chi connectivity index (χ3v) is 5.12. The van der Waals surface area contributed by atoms with Crippen molar-refractivity contribution >= 4 is 28.8 Å². The molecule has 4 rings (SSSR count). The molecule has 5 nitrogen and oxygen atoms in total. The van der Waals surface area contributed by atoms with Gasteiger partial charge in [0.25, 0.3) is 11.8 Å². The summed E-state index contributed by atoms with van der Waals surface area (Å²) in [5.74, 6) is -0.0124. The van der Waals surface area contributed by atoms with E-state index in [4.69, 9.17) is 4.74 Å². The molecule has 0 aliphatic carbocycles. The summed E-state index contributed by atoms with van der Waals surface area (Å²) in [6, 6.07) is 22.3. The Morgan fingerprint density at radius 1 is 0.839 bits per heavy atom. The first-order chi connectivity index (χ1) is 15.0. The number of hydrogen-bond acceptors (Lipinski definition) is 4. The third-order valence-electron chi connectivity index (χ3n) is 5.12. The molecule has 0 saturated carbocycles. The largest absolute Gasteiger partial charge is 0.494 e. The van der Waals surface area contributed by atoms with E-state index in [9.17, 15) is 9.59 Å². The average molecular weight is 412 g/mol. The zero-order valence-electron chi connectivity index (χ0n) is 17.8. The van der Waals surface area contributed by atoms with E-state index in [2.05, 4.69) is 5.32 Å². The van der Waals surface area contributed by atoms with Crippen LogP contribution in [0, 0.1) is 13.8 Å². The maximum atomic E-state index is 13.5. The molecule has 1 heterocycles. The molecule has 0 bridgehead atoms. The van der Waals surface area contributed by atoms with E-state index in [1.807, 2.05) is 87.5 Å². The SMILES string of the molecule is CCOc1ccc(C2=C(Nc3ccc(C)cc3)C(=O)N(c3cccc(C)c3)C2=O)cc1. The topological polar surface area (TPSA) is 58.6 Å². The van der Waals surface area contributed by atoms with E-state index in [-0.39, 0.29) is 17.5 Å². The van der Waals surface area contributed by atoms with Crippen LogP contribution in [0.15, 0.2) is 78.5 Å². The van der Waals surface area contributed by atoms with Gasteiger partial charge in [0.2, 0.25) is 0 Å². The minimum absolute atomic E-state index is 0.263. The van der Waals surface area contributed by atoms with Gasteiger partial charge >= 0.3 is 0 Å². The van der Waals surface area contributed by atoms with Gasteiger partial charge in [0.05, 0.1) is 17.9 Å². The van der Waals surface area contributed by atoms with Crippen molar-refractivity contribution in [3.8, 4) is 5.75 Å². The number of nitrogens with zero attached hydrogens (tertiary/aromatic N) is 1. The summed E-state index contributed by atoms with van der Waals surface area (Å²) in [5, 5.41) is 3.19. The van der Waals surface area contributed by atoms with Gasteiger partial charge in [-0.05, 0) is 68.3 Å². The van der Waals surface area contributed by atoms with Crippen molar-refractivity contribution < 1.29 is 14.3 Å². The summed E-state index contributed by atoms with van der Waals surface area (Å²) < 4.78 is 5.51. The fourth-order valence-electron chi connectivity index (χ4n) is 3.58. The number of hydrogen-bond donors (Lipinski definition) is 1. The molecule has 0 aromatic heterocycles. The monoisotopic (exact) mass is 412 g/mol. The quantitative estimate of drug-likeness (QED) is 0.573. The van der Waals surface area contributed by atoms with E-state index in [1.54, 1.807) is 6.07 Å². The van der Waals surface area contributed by atoms with E-state index in [1.165, 1.54) is 4.90 Å². The van der Waals surface area contributed by atoms with Gasteiger partial charge in [-0.2, -0.15) is 0 Å². The van der Waals surface area contributed by atoms with Crippen LogP contribution in [0.2, 0.25) is 0 Å². The maximum Gasteiger partial charge on any atom is 0.282 e. The molecule has 3 aromatic carbocycles. The van der Waals surface area contributed by atoms with Gasteiger partial charge < -0.3 is 10.1 Å². The highest BCUT2D eigenvalue weighted by molar-refractivity contribution is 6.46. The van der Waals surface area contributed by atoms with Gasteiger partial charge in [0.15, 0.2) is 0 Å². The number of anilines is 2. The number of nitrogens with one attached hydrogen (secondary N) is 1. The van der Waals surface area contributed by atoms with Gasteiger partial charge in [-0.3, -0.25) is 9.59 Å². The second-order valence-electron chi connectivity index (χ2n) is 7.48. The van der Waals surface area contributed by atoms with Crippen LogP contribution < -0.4 is 15.0 Å². The Morgan fingerprint density at radius 2 is 1.55 bits per heavy atom. The molecule has 0 unspecified atom stereocenters. The molecule has 0 fully saturated rings. The predicted molar refractivity (Wildman–Crippen MR) is 123 cm³/mol. The van der Waals surface area contributed by atoms with Crippen molar-refractivity contribution in [3.05, 3.63) is 95.2 Å². The molecule has 0 spiro atoms. The first kappa shape index (κ1) is 20.4. The number of carbonyl (C=O) groups excluding carboxylic acids is 2. The van der Waals surface area contributed by atoms with Gasteiger partial charge in [-0.1, -0.05) is 42.0 Å². The Kier molecular flexibility index (Phi) is 5.58. The van der Waals surface area contributed by atoms with Crippen molar-refractivity contribution in [3.63, 3.8) is 0 Å². The number of rotatable bonds is 6. The van der Waals surface area contributed by atoms with Crippen LogP contribution >= 0.6 is 0 Å². The summed E-state index contributed by atoms with van der Waals surface area (Å²) in [4.78, 5) is 28.1. The van der Waals surface area contributed by atoms with Gasteiger partial charge in [0, 0.05) is 5.69 Å². The molecule has 31 heavy (non-hydrogen) atoms. The molecular formula is C26H24N2O3. The molecule has 156 valence electrons. The average Bonchev–Trinajstić information content (AvgIpc) is 3.00. The first-order valence-corrected chi connectivity index (χ1v) is 10.2. The predicted octanol–water partition coefficient (Wildman–Crippen LogP) is 5.10. The normalized spacial score (nSPS) is 13.7. The molecule has 5 heteroatoms.